The number of nitrogens with zero attached hydrogens (tertiary/aromatic N) is 3. The molecule has 1 aliphatic heterocycles. The van der Waals surface area contributed by atoms with E-state index in [1.54, 1.807) is 36.1 Å². The molecule has 1 amide bonds. The number of halogens is 1. The number of anilines is 2. The Kier molecular flexibility index (Phi) is 7.69. The predicted octanol–water partition coefficient (Wildman–Crippen LogP) is 5.85. The van der Waals surface area contributed by atoms with Gasteiger partial charge in [0.2, 0.25) is 5.95 Å². The minimum Gasteiger partial charge on any atom is -0.497 e. The number of carbonyl (C=O) groups excluding carboxylic acids is 1. The monoisotopic (exact) mass is 545 g/mol. The lowest BCUT2D eigenvalue weighted by molar-refractivity contribution is -0.113. The normalized spacial score (nSPS) is 14.3. The summed E-state index contributed by atoms with van der Waals surface area (Å²) in [5.41, 5.74) is 3.46. The van der Waals surface area contributed by atoms with E-state index in [2.05, 4.69) is 20.7 Å². The number of hydrogen-bond acceptors (Lipinski definition) is 7. The lowest BCUT2D eigenvalue weighted by Crippen LogP contribution is -2.31. The number of allylic oxidation sites excluding steroid dienone is 1. The highest BCUT2D eigenvalue weighted by Crippen LogP contribution is 2.39. The Morgan fingerprint density at radius 1 is 1.08 bits per heavy atom. The van der Waals surface area contributed by atoms with E-state index in [9.17, 15) is 4.79 Å². The molecule has 4 aromatic rings. The van der Waals surface area contributed by atoms with Gasteiger partial charge in [0.25, 0.3) is 5.91 Å². The van der Waals surface area contributed by atoms with Crippen molar-refractivity contribution in [2.75, 3.05) is 24.4 Å². The van der Waals surface area contributed by atoms with Crippen molar-refractivity contribution in [3.05, 3.63) is 100 Å². The van der Waals surface area contributed by atoms with Crippen LogP contribution >= 0.6 is 11.6 Å². The van der Waals surface area contributed by atoms with E-state index < -0.39 is 6.04 Å². The zero-order valence-corrected chi connectivity index (χ0v) is 22.5. The van der Waals surface area contributed by atoms with Crippen LogP contribution in [0, 0.1) is 0 Å². The van der Waals surface area contributed by atoms with Crippen molar-refractivity contribution < 1.29 is 19.0 Å². The van der Waals surface area contributed by atoms with E-state index in [0.29, 0.717) is 51.8 Å². The van der Waals surface area contributed by atoms with Gasteiger partial charge < -0.3 is 24.8 Å². The van der Waals surface area contributed by atoms with Crippen LogP contribution in [0.4, 0.5) is 11.6 Å². The van der Waals surface area contributed by atoms with Gasteiger partial charge in [0.05, 0.1) is 19.3 Å². The molecule has 2 heterocycles. The number of nitrogens with one attached hydrogen (secondary N) is 2. The number of carbonyl (C=O) groups is 1. The van der Waals surface area contributed by atoms with Crippen molar-refractivity contribution in [1.82, 2.24) is 14.8 Å². The van der Waals surface area contributed by atoms with Crippen LogP contribution in [0.1, 0.15) is 31.0 Å². The zero-order valence-electron chi connectivity index (χ0n) is 21.8. The summed E-state index contributed by atoms with van der Waals surface area (Å²) in [5, 5.41) is 11.2. The SMILES string of the molecule is CCOc1cc([C@H]2C(C(=O)Nc3ccc(OC)cc3)=C(C)Nc3ncnn32)ccc1OCc1ccccc1Cl. The Bertz CT molecular complexity index is 1520. The van der Waals surface area contributed by atoms with Gasteiger partial charge in [0.1, 0.15) is 24.7 Å². The molecule has 2 N–H and O–H groups in total. The molecule has 39 heavy (non-hydrogen) atoms. The Labute approximate surface area is 231 Å². The average Bonchev–Trinajstić information content (AvgIpc) is 3.41. The molecule has 5 rings (SSSR count). The van der Waals surface area contributed by atoms with E-state index in [4.69, 9.17) is 25.8 Å². The summed E-state index contributed by atoms with van der Waals surface area (Å²) in [6.45, 7) is 4.47. The number of rotatable bonds is 9. The number of hydrogen-bond donors (Lipinski definition) is 2. The number of methoxy groups -OCH3 is 1. The average molecular weight is 546 g/mol. The molecule has 1 aromatic heterocycles. The zero-order chi connectivity index (χ0) is 27.4. The van der Waals surface area contributed by atoms with E-state index in [1.165, 1.54) is 6.33 Å². The second-order valence-corrected chi connectivity index (χ2v) is 9.20. The maximum atomic E-state index is 13.6. The second-order valence-electron chi connectivity index (χ2n) is 8.80. The van der Waals surface area contributed by atoms with Gasteiger partial charge >= 0.3 is 0 Å². The van der Waals surface area contributed by atoms with E-state index in [1.807, 2.05) is 56.3 Å². The molecule has 0 bridgehead atoms. The highest BCUT2D eigenvalue weighted by Gasteiger charge is 2.34. The molecule has 10 heteroatoms. The minimum absolute atomic E-state index is 0.270. The molecule has 0 fully saturated rings. The topological polar surface area (TPSA) is 99.5 Å². The van der Waals surface area contributed by atoms with Crippen LogP contribution < -0.4 is 24.8 Å². The van der Waals surface area contributed by atoms with Crippen molar-refractivity contribution in [2.45, 2.75) is 26.5 Å². The van der Waals surface area contributed by atoms with Gasteiger partial charge in [-0.05, 0) is 61.9 Å². The van der Waals surface area contributed by atoms with Gasteiger partial charge in [-0.1, -0.05) is 35.9 Å². The molecule has 0 unspecified atom stereocenters. The van der Waals surface area contributed by atoms with E-state index >= 15 is 0 Å². The van der Waals surface area contributed by atoms with Crippen LogP contribution in [0.15, 0.2) is 84.3 Å². The number of fused-ring (bicyclic) bond motifs is 1. The molecule has 9 nitrogen and oxygen atoms in total. The number of benzene rings is 3. The maximum absolute atomic E-state index is 13.6. The van der Waals surface area contributed by atoms with Crippen LogP contribution in [-0.4, -0.2) is 34.4 Å². The van der Waals surface area contributed by atoms with Gasteiger partial charge in [0.15, 0.2) is 11.5 Å². The molecular formula is C29H28ClN5O4. The fraction of sp³-hybridized carbons (Fsp3) is 0.207. The Hall–Kier alpha value is -4.50. The van der Waals surface area contributed by atoms with Gasteiger partial charge in [0, 0.05) is 22.0 Å². The third kappa shape index (κ3) is 5.53. The largest absolute Gasteiger partial charge is 0.497 e. The van der Waals surface area contributed by atoms with Crippen molar-refractivity contribution in [1.29, 1.82) is 0 Å². The van der Waals surface area contributed by atoms with Crippen LogP contribution in [0.3, 0.4) is 0 Å². The van der Waals surface area contributed by atoms with Crippen LogP contribution in [0.25, 0.3) is 0 Å². The standard InChI is InChI=1S/C29H28ClN5O4/c1-4-38-25-15-19(9-14-24(25)39-16-20-7-5-6-8-23(20)30)27-26(18(2)33-29-31-17-32-35(27)29)28(36)34-21-10-12-22(37-3)13-11-21/h5-15,17,27H,4,16H2,1-3H3,(H,34,36)(H,31,32,33)/t27-/m0/s1. The molecule has 0 radical (unpaired) electrons. The van der Waals surface area contributed by atoms with Gasteiger partial charge in [-0.25, -0.2) is 4.68 Å². The van der Waals surface area contributed by atoms with Crippen LogP contribution in [0.5, 0.6) is 17.2 Å². The first-order chi connectivity index (χ1) is 19.0. The predicted molar refractivity (Wildman–Crippen MR) is 150 cm³/mol. The fourth-order valence-corrected chi connectivity index (χ4v) is 4.61. The number of aromatic nitrogens is 3. The Morgan fingerprint density at radius 3 is 2.62 bits per heavy atom. The fourth-order valence-electron chi connectivity index (χ4n) is 4.42. The van der Waals surface area contributed by atoms with Crippen molar-refractivity contribution in [2.24, 2.45) is 0 Å². The molecule has 1 aliphatic rings. The Morgan fingerprint density at radius 2 is 1.87 bits per heavy atom. The van der Waals surface area contributed by atoms with Crippen molar-refractivity contribution in [3.8, 4) is 17.2 Å². The third-order valence-electron chi connectivity index (χ3n) is 6.31. The number of amides is 1. The van der Waals surface area contributed by atoms with E-state index in [-0.39, 0.29) is 12.5 Å². The first-order valence-electron chi connectivity index (χ1n) is 12.4. The summed E-state index contributed by atoms with van der Waals surface area (Å²) in [6, 6.07) is 19.8. The van der Waals surface area contributed by atoms with Gasteiger partial charge in [-0.15, -0.1) is 0 Å². The summed E-state index contributed by atoms with van der Waals surface area (Å²) in [6.07, 6.45) is 1.46. The molecule has 0 aliphatic carbocycles. The highest BCUT2D eigenvalue weighted by atomic mass is 35.5. The van der Waals surface area contributed by atoms with Crippen LogP contribution in [0.2, 0.25) is 5.02 Å². The smallest absolute Gasteiger partial charge is 0.255 e. The van der Waals surface area contributed by atoms with E-state index in [0.717, 1.165) is 11.1 Å². The summed E-state index contributed by atoms with van der Waals surface area (Å²) in [5.74, 6) is 2.09. The quantitative estimate of drug-likeness (QED) is 0.272. The molecule has 0 saturated carbocycles. The summed E-state index contributed by atoms with van der Waals surface area (Å²) in [4.78, 5) is 18.0. The lowest BCUT2D eigenvalue weighted by atomic mass is 9.94. The molecular weight excluding hydrogens is 518 g/mol. The van der Waals surface area contributed by atoms with Gasteiger partial charge in [-0.3, -0.25) is 4.79 Å². The molecule has 200 valence electrons. The molecule has 3 aromatic carbocycles. The third-order valence-corrected chi connectivity index (χ3v) is 6.68. The lowest BCUT2D eigenvalue weighted by Gasteiger charge is -2.29. The highest BCUT2D eigenvalue weighted by molar-refractivity contribution is 6.31. The summed E-state index contributed by atoms with van der Waals surface area (Å²) >= 11 is 6.31. The number of ether oxygens (including phenoxy) is 3. The molecule has 0 spiro atoms. The first-order valence-corrected chi connectivity index (χ1v) is 12.8. The maximum Gasteiger partial charge on any atom is 0.255 e. The first kappa shape index (κ1) is 26.1. The molecule has 0 saturated heterocycles. The molecule has 1 atom stereocenters. The summed E-state index contributed by atoms with van der Waals surface area (Å²) in [7, 11) is 1.60. The second kappa shape index (κ2) is 11.5. The minimum atomic E-state index is -0.557. The Balaban J connectivity index is 1.48. The van der Waals surface area contributed by atoms with Crippen molar-refractivity contribution in [3.63, 3.8) is 0 Å². The van der Waals surface area contributed by atoms with Crippen molar-refractivity contribution >= 4 is 29.1 Å². The summed E-state index contributed by atoms with van der Waals surface area (Å²) < 4.78 is 18.9. The van der Waals surface area contributed by atoms with Gasteiger partial charge in [-0.2, -0.15) is 10.1 Å². The van der Waals surface area contributed by atoms with Crippen LogP contribution in [-0.2, 0) is 11.4 Å².